The van der Waals surface area contributed by atoms with Crippen LogP contribution in [0.15, 0.2) is 30.3 Å². The van der Waals surface area contributed by atoms with Crippen LogP contribution in [0.25, 0.3) is 10.2 Å². The number of methoxy groups -OCH3 is 1. The molecule has 1 amide bonds. The summed E-state index contributed by atoms with van der Waals surface area (Å²) in [6.07, 6.45) is 4.64. The number of hydrogen-bond acceptors (Lipinski definition) is 6. The van der Waals surface area contributed by atoms with Gasteiger partial charge in [-0.05, 0) is 43.9 Å². The van der Waals surface area contributed by atoms with E-state index in [1.54, 1.807) is 23.5 Å². The molecule has 1 aliphatic carbocycles. The number of benzene rings is 1. The molecule has 2 aromatic heterocycles. The van der Waals surface area contributed by atoms with Gasteiger partial charge < -0.3 is 14.8 Å². The molecule has 0 spiro atoms. The van der Waals surface area contributed by atoms with Crippen molar-refractivity contribution in [3.63, 3.8) is 0 Å². The Bertz CT molecular complexity index is 1150. The number of pyridine rings is 1. The van der Waals surface area contributed by atoms with E-state index in [0.717, 1.165) is 54.1 Å². The van der Waals surface area contributed by atoms with Gasteiger partial charge in [0.05, 0.1) is 28.0 Å². The van der Waals surface area contributed by atoms with Crippen molar-refractivity contribution >= 4 is 39.4 Å². The Balaban J connectivity index is 1.59. The highest BCUT2D eigenvalue weighted by Crippen LogP contribution is 2.40. The minimum atomic E-state index is -3.14. The number of carbonyl (C=O) groups is 2. The minimum Gasteiger partial charge on any atom is -0.494 e. The molecule has 0 aliphatic heterocycles. The number of fused-ring (bicyclic) bond motifs is 1. The second kappa shape index (κ2) is 8.90. The van der Waals surface area contributed by atoms with E-state index in [9.17, 15) is 18.4 Å². The van der Waals surface area contributed by atoms with Crippen LogP contribution in [0.3, 0.4) is 0 Å². The smallest absolute Gasteiger partial charge is 0.287 e. The number of aldehydes is 1. The van der Waals surface area contributed by atoms with Crippen LogP contribution in [0.4, 0.5) is 14.5 Å². The Labute approximate surface area is 188 Å². The maximum absolute atomic E-state index is 13.6. The summed E-state index contributed by atoms with van der Waals surface area (Å²) in [7, 11) is 1.49. The summed E-state index contributed by atoms with van der Waals surface area (Å²) in [6.45, 7) is 0.737. The highest BCUT2D eigenvalue weighted by Gasteiger charge is 2.27. The number of aromatic nitrogens is 2. The van der Waals surface area contributed by atoms with E-state index in [1.165, 1.54) is 25.3 Å². The van der Waals surface area contributed by atoms with Crippen molar-refractivity contribution in [1.29, 1.82) is 0 Å². The van der Waals surface area contributed by atoms with Crippen molar-refractivity contribution in [3.8, 4) is 5.75 Å². The predicted octanol–water partition coefficient (Wildman–Crippen LogP) is 5.54. The van der Waals surface area contributed by atoms with Crippen molar-refractivity contribution < 1.29 is 23.1 Å². The molecule has 168 valence electrons. The van der Waals surface area contributed by atoms with E-state index >= 15 is 0 Å². The molecule has 4 rings (SSSR count). The highest BCUT2D eigenvalue weighted by molar-refractivity contribution is 7.18. The van der Waals surface area contributed by atoms with Crippen LogP contribution in [0.5, 0.6) is 5.75 Å². The number of amides is 1. The van der Waals surface area contributed by atoms with Gasteiger partial charge in [-0.1, -0.05) is 6.07 Å². The lowest BCUT2D eigenvalue weighted by Gasteiger charge is -2.23. The Hall–Kier alpha value is -2.94. The second-order valence-electron chi connectivity index (χ2n) is 8.07. The molecule has 3 aromatic rings. The molecule has 0 atom stereocenters. The predicted molar refractivity (Wildman–Crippen MR) is 119 cm³/mol. The molecule has 1 saturated carbocycles. The van der Waals surface area contributed by atoms with Crippen LogP contribution in [0.2, 0.25) is 0 Å². The zero-order valence-electron chi connectivity index (χ0n) is 17.7. The molecule has 9 heteroatoms. The normalized spacial score (nSPS) is 19.0. The summed E-state index contributed by atoms with van der Waals surface area (Å²) in [5, 5.41) is 3.73. The first kappa shape index (κ1) is 22.3. The monoisotopic (exact) mass is 459 g/mol. The molecule has 6 nitrogen and oxygen atoms in total. The van der Waals surface area contributed by atoms with Gasteiger partial charge in [0.2, 0.25) is 0 Å². The summed E-state index contributed by atoms with van der Waals surface area (Å²) in [6, 6.07) is 7.49. The molecule has 1 N–H and O–H groups in total. The van der Waals surface area contributed by atoms with E-state index in [1.807, 2.05) is 0 Å². The van der Waals surface area contributed by atoms with E-state index in [0.29, 0.717) is 17.4 Å². The maximum atomic E-state index is 13.6. The number of thiazole rings is 1. The number of nitrogens with one attached hydrogen (secondary N) is 1. The molecular weight excluding hydrogens is 436 g/mol. The van der Waals surface area contributed by atoms with Gasteiger partial charge >= 0.3 is 0 Å². The molecule has 1 aliphatic rings. The molecule has 0 radical (unpaired) electrons. The van der Waals surface area contributed by atoms with Crippen molar-refractivity contribution in [3.05, 3.63) is 46.7 Å². The third-order valence-electron chi connectivity index (χ3n) is 5.72. The lowest BCUT2D eigenvalue weighted by molar-refractivity contribution is -0.111. The van der Waals surface area contributed by atoms with E-state index < -0.39 is 17.5 Å². The summed E-state index contributed by atoms with van der Waals surface area (Å²) >= 11 is 1.55. The standard InChI is InChI=1S/C23H23F2N3O3S/c1-23(24,25)20-5-3-4-15(26-20)21(30)27-16-11-19-17(10-18(16)31-2)28-22(32-19)14-8-6-13(12-29)7-9-14/h3-5,10-14H,6-9H2,1-2H3,(H,27,30). The van der Waals surface area contributed by atoms with Crippen molar-refractivity contribution in [2.45, 2.75) is 44.4 Å². The SMILES string of the molecule is COc1cc2nc(C3CCC(C=O)CC3)sc2cc1NC(=O)c1cccc(C(C)(F)F)n1. The highest BCUT2D eigenvalue weighted by atomic mass is 32.1. The Morgan fingerprint density at radius 1 is 1.22 bits per heavy atom. The number of alkyl halides is 2. The molecule has 32 heavy (non-hydrogen) atoms. The van der Waals surface area contributed by atoms with Crippen LogP contribution in [0, 0.1) is 5.92 Å². The molecular formula is C23H23F2N3O3S. The molecule has 0 bridgehead atoms. The van der Waals surface area contributed by atoms with Crippen molar-refractivity contribution in [1.82, 2.24) is 9.97 Å². The molecule has 1 fully saturated rings. The fraction of sp³-hybridized carbons (Fsp3) is 0.391. The first-order chi connectivity index (χ1) is 15.3. The lowest BCUT2D eigenvalue weighted by Crippen LogP contribution is -2.17. The van der Waals surface area contributed by atoms with E-state index in [4.69, 9.17) is 9.72 Å². The number of anilines is 1. The number of carbonyl (C=O) groups excluding carboxylic acids is 2. The Morgan fingerprint density at radius 2 is 1.97 bits per heavy atom. The van der Waals surface area contributed by atoms with Gasteiger partial charge in [-0.25, -0.2) is 9.97 Å². The van der Waals surface area contributed by atoms with Crippen LogP contribution < -0.4 is 10.1 Å². The van der Waals surface area contributed by atoms with E-state index in [2.05, 4.69) is 10.3 Å². The number of hydrogen-bond donors (Lipinski definition) is 1. The van der Waals surface area contributed by atoms with Gasteiger partial charge in [-0.2, -0.15) is 8.78 Å². The molecule has 0 unspecified atom stereocenters. The molecule has 1 aromatic carbocycles. The average Bonchev–Trinajstić information content (AvgIpc) is 3.21. The lowest BCUT2D eigenvalue weighted by atomic mass is 9.83. The first-order valence-corrected chi connectivity index (χ1v) is 11.2. The zero-order valence-corrected chi connectivity index (χ0v) is 18.5. The molecule has 0 saturated heterocycles. The molecule has 2 heterocycles. The van der Waals surface area contributed by atoms with Gasteiger partial charge in [0.1, 0.15) is 23.4 Å². The third-order valence-corrected chi connectivity index (χ3v) is 6.90. The van der Waals surface area contributed by atoms with Crippen LogP contribution in [0.1, 0.15) is 59.7 Å². The number of halogens is 2. The van der Waals surface area contributed by atoms with Crippen LogP contribution in [-0.4, -0.2) is 29.3 Å². The van der Waals surface area contributed by atoms with Gasteiger partial charge in [0.15, 0.2) is 0 Å². The Morgan fingerprint density at radius 3 is 2.62 bits per heavy atom. The quantitative estimate of drug-likeness (QED) is 0.490. The van der Waals surface area contributed by atoms with Gasteiger partial charge in [-0.3, -0.25) is 4.79 Å². The number of rotatable bonds is 6. The Kier molecular flexibility index (Phi) is 6.19. The van der Waals surface area contributed by atoms with E-state index in [-0.39, 0.29) is 11.6 Å². The van der Waals surface area contributed by atoms with Gasteiger partial charge in [0.25, 0.3) is 11.8 Å². The maximum Gasteiger partial charge on any atom is 0.287 e. The average molecular weight is 460 g/mol. The fourth-order valence-corrected chi connectivity index (χ4v) is 5.07. The fourth-order valence-electron chi connectivity index (χ4n) is 3.91. The van der Waals surface area contributed by atoms with Crippen molar-refractivity contribution in [2.24, 2.45) is 5.92 Å². The summed E-state index contributed by atoms with van der Waals surface area (Å²) < 4.78 is 33.5. The van der Waals surface area contributed by atoms with Gasteiger partial charge in [-0.15, -0.1) is 11.3 Å². The minimum absolute atomic E-state index is 0.108. The third kappa shape index (κ3) is 4.62. The van der Waals surface area contributed by atoms with Crippen LogP contribution in [-0.2, 0) is 10.7 Å². The summed E-state index contributed by atoms with van der Waals surface area (Å²) in [4.78, 5) is 32.3. The van der Waals surface area contributed by atoms with Gasteiger partial charge in [0, 0.05) is 24.8 Å². The topological polar surface area (TPSA) is 81.2 Å². The largest absolute Gasteiger partial charge is 0.494 e. The zero-order chi connectivity index (χ0) is 22.9. The number of ether oxygens (including phenoxy) is 1. The second-order valence-corrected chi connectivity index (χ2v) is 9.13. The van der Waals surface area contributed by atoms with Crippen molar-refractivity contribution in [2.75, 3.05) is 12.4 Å². The first-order valence-electron chi connectivity index (χ1n) is 10.4. The van der Waals surface area contributed by atoms with Crippen LogP contribution >= 0.6 is 11.3 Å². The number of nitrogens with zero attached hydrogens (tertiary/aromatic N) is 2. The summed E-state index contributed by atoms with van der Waals surface area (Å²) in [5.41, 5.74) is 0.607. The summed E-state index contributed by atoms with van der Waals surface area (Å²) in [5.74, 6) is -2.87.